The van der Waals surface area contributed by atoms with Gasteiger partial charge in [-0.25, -0.2) is 13.6 Å². The molecule has 1 fully saturated rings. The molecule has 13 heteroatoms. The minimum Gasteiger partial charge on any atom is -0.451 e. The van der Waals surface area contributed by atoms with Crippen molar-refractivity contribution in [2.24, 2.45) is 11.7 Å². The highest BCUT2D eigenvalue weighted by Crippen LogP contribution is 2.45. The smallest absolute Gasteiger partial charge is 0.328 e. The predicted octanol–water partition coefficient (Wildman–Crippen LogP) is 3.52. The van der Waals surface area contributed by atoms with Crippen LogP contribution in [-0.2, 0) is 20.0 Å². The van der Waals surface area contributed by atoms with Gasteiger partial charge in [0.2, 0.25) is 18.0 Å². The summed E-state index contributed by atoms with van der Waals surface area (Å²) in [6.07, 6.45) is 0.791. The van der Waals surface area contributed by atoms with Gasteiger partial charge in [0.25, 0.3) is 5.91 Å². The number of carbonyl (C=O) groups is 2. The van der Waals surface area contributed by atoms with E-state index in [1.165, 1.54) is 35.6 Å². The molecule has 1 aromatic heterocycles. The number of morpholine rings is 1. The van der Waals surface area contributed by atoms with E-state index in [2.05, 4.69) is 0 Å². The summed E-state index contributed by atoms with van der Waals surface area (Å²) >= 11 is 1.39. The third-order valence-electron chi connectivity index (χ3n) is 8.57. The molecular formula is C31H32F2N4O6S. The number of esters is 1. The van der Waals surface area contributed by atoms with E-state index in [0.717, 1.165) is 16.5 Å². The van der Waals surface area contributed by atoms with Gasteiger partial charge >= 0.3 is 5.97 Å². The highest BCUT2D eigenvalue weighted by atomic mass is 32.2. The van der Waals surface area contributed by atoms with E-state index in [1.807, 2.05) is 29.3 Å². The minimum absolute atomic E-state index is 0.0930. The zero-order valence-electron chi connectivity index (χ0n) is 24.4. The van der Waals surface area contributed by atoms with Crippen molar-refractivity contribution in [3.05, 3.63) is 92.9 Å². The van der Waals surface area contributed by atoms with E-state index in [0.29, 0.717) is 5.56 Å². The SMILES string of the molecule is CC(C)C(C)(N)C(=O)OCOc1c2n(ccc1=O)N([C@@H]1c3ccccc3SCc3c1ccc(F)c3F)[C@@H]1COCCN1C2=O. The first-order chi connectivity index (χ1) is 21.0. The maximum atomic E-state index is 15.4. The van der Waals surface area contributed by atoms with Crippen LogP contribution < -0.4 is 20.9 Å². The third kappa shape index (κ3) is 4.92. The molecule has 3 atom stereocenters. The van der Waals surface area contributed by atoms with Gasteiger partial charge in [-0.1, -0.05) is 38.1 Å². The van der Waals surface area contributed by atoms with Crippen molar-refractivity contribution in [1.82, 2.24) is 9.58 Å². The van der Waals surface area contributed by atoms with Crippen LogP contribution in [0.25, 0.3) is 0 Å². The van der Waals surface area contributed by atoms with Crippen LogP contribution in [0.15, 0.2) is 58.4 Å². The number of ether oxygens (including phenoxy) is 3. The van der Waals surface area contributed by atoms with Crippen molar-refractivity contribution in [2.75, 3.05) is 31.6 Å². The molecule has 1 unspecified atom stereocenters. The molecule has 3 aromatic rings. The molecule has 0 aliphatic carbocycles. The molecule has 6 rings (SSSR count). The highest BCUT2D eigenvalue weighted by Gasteiger charge is 2.46. The predicted molar refractivity (Wildman–Crippen MR) is 158 cm³/mol. The maximum absolute atomic E-state index is 15.4. The van der Waals surface area contributed by atoms with Gasteiger partial charge in [-0.3, -0.25) is 19.3 Å². The quantitative estimate of drug-likeness (QED) is 0.324. The summed E-state index contributed by atoms with van der Waals surface area (Å²) in [5, 5.41) is 1.84. The van der Waals surface area contributed by atoms with Crippen LogP contribution in [-0.4, -0.2) is 59.7 Å². The zero-order valence-corrected chi connectivity index (χ0v) is 25.2. The Balaban J connectivity index is 1.50. The fourth-order valence-electron chi connectivity index (χ4n) is 5.64. The zero-order chi connectivity index (χ0) is 31.3. The Morgan fingerprint density at radius 1 is 1.16 bits per heavy atom. The number of fused-ring (bicyclic) bond motifs is 4. The number of benzene rings is 2. The average Bonchev–Trinajstić information content (AvgIpc) is 3.17. The molecule has 0 saturated carbocycles. The molecule has 232 valence electrons. The first-order valence-corrected chi connectivity index (χ1v) is 15.2. The van der Waals surface area contributed by atoms with Gasteiger partial charge in [-0.2, -0.15) is 0 Å². The number of rotatable bonds is 6. The summed E-state index contributed by atoms with van der Waals surface area (Å²) in [6.45, 7) is 5.03. The summed E-state index contributed by atoms with van der Waals surface area (Å²) in [4.78, 5) is 42.3. The topological polar surface area (TPSA) is 116 Å². The fourth-order valence-corrected chi connectivity index (χ4v) is 6.76. The Hall–Kier alpha value is -3.94. The molecular weight excluding hydrogens is 594 g/mol. The van der Waals surface area contributed by atoms with E-state index >= 15 is 4.39 Å². The molecule has 3 aliphatic heterocycles. The van der Waals surface area contributed by atoms with E-state index in [4.69, 9.17) is 19.9 Å². The lowest BCUT2D eigenvalue weighted by Gasteiger charge is -2.51. The summed E-state index contributed by atoms with van der Waals surface area (Å²) in [5.41, 5.74) is 5.64. The molecule has 44 heavy (non-hydrogen) atoms. The Labute approximate surface area is 256 Å². The largest absolute Gasteiger partial charge is 0.451 e. The summed E-state index contributed by atoms with van der Waals surface area (Å²) in [6, 6.07) is 10.7. The first-order valence-electron chi connectivity index (χ1n) is 14.2. The Morgan fingerprint density at radius 2 is 1.93 bits per heavy atom. The lowest BCUT2D eigenvalue weighted by molar-refractivity contribution is -0.158. The van der Waals surface area contributed by atoms with Crippen molar-refractivity contribution in [3.63, 3.8) is 0 Å². The summed E-state index contributed by atoms with van der Waals surface area (Å²) < 4.78 is 48.2. The number of pyridine rings is 1. The number of hydrogen-bond donors (Lipinski definition) is 1. The number of amides is 1. The number of aromatic nitrogens is 1. The second-order valence-electron chi connectivity index (χ2n) is 11.4. The number of hydrogen-bond acceptors (Lipinski definition) is 9. The minimum atomic E-state index is -1.30. The van der Waals surface area contributed by atoms with Gasteiger partial charge in [-0.05, 0) is 36.1 Å². The lowest BCUT2D eigenvalue weighted by atomic mass is 9.90. The summed E-state index contributed by atoms with van der Waals surface area (Å²) in [5.74, 6) is -3.45. The van der Waals surface area contributed by atoms with Crippen LogP contribution in [0, 0.1) is 17.6 Å². The van der Waals surface area contributed by atoms with Crippen LogP contribution in [0.3, 0.4) is 0 Å². The van der Waals surface area contributed by atoms with Crippen molar-refractivity contribution in [2.45, 2.75) is 49.2 Å². The van der Waals surface area contributed by atoms with E-state index in [1.54, 1.807) is 24.8 Å². The Kier molecular flexibility index (Phi) is 7.89. The van der Waals surface area contributed by atoms with Gasteiger partial charge in [0, 0.05) is 35.0 Å². The molecule has 2 aromatic carbocycles. The normalized spacial score (nSPS) is 20.6. The standard InChI is InChI=1S/C31H32F2N4O6S/c1-17(2)31(3,34)30(40)43-16-42-28-22(38)10-11-36-27(28)29(39)35-12-13-41-14-24(35)37(36)26-18-8-9-21(32)25(33)20(18)15-44-23-7-5-4-6-19(23)26/h4-11,17,24,26H,12-16,34H2,1-3H3/t24-,26+,31?/m1/s1. The molecule has 1 amide bonds. The number of nitrogens with two attached hydrogens (primary N) is 1. The van der Waals surface area contributed by atoms with Crippen molar-refractivity contribution >= 4 is 23.6 Å². The second-order valence-corrected chi connectivity index (χ2v) is 12.4. The molecule has 3 aliphatic rings. The van der Waals surface area contributed by atoms with E-state index < -0.39 is 53.5 Å². The van der Waals surface area contributed by atoms with E-state index in [-0.39, 0.29) is 48.4 Å². The number of nitrogens with zero attached hydrogens (tertiary/aromatic N) is 3. The number of carbonyl (C=O) groups excluding carboxylic acids is 2. The van der Waals surface area contributed by atoms with E-state index in [9.17, 15) is 18.8 Å². The van der Waals surface area contributed by atoms with Gasteiger partial charge < -0.3 is 24.8 Å². The van der Waals surface area contributed by atoms with Gasteiger partial charge in [0.1, 0.15) is 11.7 Å². The van der Waals surface area contributed by atoms with Gasteiger partial charge in [-0.15, -0.1) is 11.8 Å². The van der Waals surface area contributed by atoms with Crippen LogP contribution in [0.2, 0.25) is 0 Å². The second kappa shape index (κ2) is 11.5. The van der Waals surface area contributed by atoms with Gasteiger partial charge in [0.05, 0.1) is 19.3 Å². The molecule has 10 nitrogen and oxygen atoms in total. The summed E-state index contributed by atoms with van der Waals surface area (Å²) in [7, 11) is 0. The van der Waals surface area contributed by atoms with Crippen molar-refractivity contribution in [3.8, 4) is 5.75 Å². The monoisotopic (exact) mass is 626 g/mol. The van der Waals surface area contributed by atoms with Crippen molar-refractivity contribution < 1.29 is 32.6 Å². The van der Waals surface area contributed by atoms with Crippen LogP contribution >= 0.6 is 11.8 Å². The number of halogens is 2. The van der Waals surface area contributed by atoms with Gasteiger partial charge in [0.15, 0.2) is 17.3 Å². The third-order valence-corrected chi connectivity index (χ3v) is 9.68. The highest BCUT2D eigenvalue weighted by molar-refractivity contribution is 7.98. The molecule has 0 radical (unpaired) electrons. The Bertz CT molecular complexity index is 1700. The molecule has 1 saturated heterocycles. The first kappa shape index (κ1) is 30.1. The van der Waals surface area contributed by atoms with Crippen LogP contribution in [0.5, 0.6) is 5.75 Å². The maximum Gasteiger partial charge on any atom is 0.328 e. The van der Waals surface area contributed by atoms with Crippen LogP contribution in [0.1, 0.15) is 54.0 Å². The lowest BCUT2D eigenvalue weighted by Crippen LogP contribution is -2.66. The molecule has 4 heterocycles. The average molecular weight is 627 g/mol. The van der Waals surface area contributed by atoms with Crippen molar-refractivity contribution in [1.29, 1.82) is 0 Å². The van der Waals surface area contributed by atoms with Crippen LogP contribution in [0.4, 0.5) is 8.78 Å². The fraction of sp³-hybridized carbons (Fsp3) is 0.387. The molecule has 0 bridgehead atoms. The Morgan fingerprint density at radius 3 is 2.70 bits per heavy atom. The molecule has 2 N–H and O–H groups in total. The number of thioether (sulfide) groups is 1. The molecule has 0 spiro atoms.